The molecule has 0 unspecified atom stereocenters. The molecule has 9 heteroatoms. The summed E-state index contributed by atoms with van der Waals surface area (Å²) in [4.78, 5) is 0. The minimum atomic E-state index is -2.63. The predicted molar refractivity (Wildman–Crippen MR) is 86.0 cm³/mol. The SMILES string of the molecule is C=N[P+](N=C)(N=C)N=P(N(C)C)(N(C)C)N(C)C. The van der Waals surface area contributed by atoms with Crippen molar-refractivity contribution >= 4 is 35.5 Å². The topological polar surface area (TPSA) is 59.2 Å². The summed E-state index contributed by atoms with van der Waals surface area (Å²) < 4.78 is 22.9. The van der Waals surface area contributed by atoms with E-state index in [1.165, 1.54) is 0 Å². The maximum atomic E-state index is 4.81. The van der Waals surface area contributed by atoms with Crippen molar-refractivity contribution in [1.82, 2.24) is 14.0 Å². The average molecular weight is 292 g/mol. The molecule has 0 saturated heterocycles. The van der Waals surface area contributed by atoms with Crippen LogP contribution in [-0.4, -0.2) is 76.4 Å². The van der Waals surface area contributed by atoms with Gasteiger partial charge in [0.1, 0.15) is 0 Å². The van der Waals surface area contributed by atoms with E-state index >= 15 is 0 Å². The molecule has 0 atom stereocenters. The molecule has 0 aliphatic rings. The predicted octanol–water partition coefficient (Wildman–Crippen LogP) is 2.40. The lowest BCUT2D eigenvalue weighted by Gasteiger charge is -2.39. The smallest absolute Gasteiger partial charge is 0.249 e. The van der Waals surface area contributed by atoms with Gasteiger partial charge in [0.05, 0.1) is 0 Å². The van der Waals surface area contributed by atoms with E-state index in [0.29, 0.717) is 0 Å². The summed E-state index contributed by atoms with van der Waals surface area (Å²) in [5, 5.41) is 0. The Morgan fingerprint density at radius 3 is 1.17 bits per heavy atom. The molecule has 7 nitrogen and oxygen atoms in total. The fourth-order valence-electron chi connectivity index (χ4n) is 1.69. The maximum absolute atomic E-state index is 4.81. The lowest BCUT2D eigenvalue weighted by molar-refractivity contribution is 0.475. The van der Waals surface area contributed by atoms with E-state index in [-0.39, 0.29) is 0 Å². The third kappa shape index (κ3) is 3.11. The Labute approximate surface area is 111 Å². The van der Waals surface area contributed by atoms with Crippen LogP contribution in [0.1, 0.15) is 0 Å². The highest BCUT2D eigenvalue weighted by Crippen LogP contribution is 2.73. The summed E-state index contributed by atoms with van der Waals surface area (Å²) >= 11 is 0. The Morgan fingerprint density at radius 2 is 1.00 bits per heavy atom. The van der Waals surface area contributed by atoms with Crippen molar-refractivity contribution < 1.29 is 0 Å². The molecular weight excluding hydrogens is 268 g/mol. The summed E-state index contributed by atoms with van der Waals surface area (Å²) in [5.41, 5.74) is 0. The highest BCUT2D eigenvalue weighted by atomic mass is 31.2. The zero-order chi connectivity index (χ0) is 14.6. The molecule has 0 aromatic carbocycles. The molecule has 104 valence electrons. The Hall–Kier alpha value is -0.450. The lowest BCUT2D eigenvalue weighted by atomic mass is 11.2. The van der Waals surface area contributed by atoms with E-state index < -0.39 is 15.4 Å². The Morgan fingerprint density at radius 1 is 0.722 bits per heavy atom. The standard InChI is InChI=1S/C9H24N7P2/c1-10-17(11-2,12-3)13-18(14(4)5,15(6)7)16(8)9/h1-3H2,4-9H3/q+1. The first kappa shape index (κ1) is 17.6. The summed E-state index contributed by atoms with van der Waals surface area (Å²) in [7, 11) is 7.10. The van der Waals surface area contributed by atoms with Crippen LogP contribution in [0, 0.1) is 0 Å². The van der Waals surface area contributed by atoms with Gasteiger partial charge in [-0.2, -0.15) is 0 Å². The first-order chi connectivity index (χ1) is 8.22. The normalized spacial score (nSPS) is 12.9. The van der Waals surface area contributed by atoms with E-state index in [9.17, 15) is 0 Å². The van der Waals surface area contributed by atoms with Crippen LogP contribution in [0.15, 0.2) is 18.8 Å². The molecule has 0 amide bonds. The quantitative estimate of drug-likeness (QED) is 0.535. The van der Waals surface area contributed by atoms with Gasteiger partial charge in [-0.15, -0.1) is 0 Å². The fourth-order valence-corrected chi connectivity index (χ4v) is 8.00. The lowest BCUT2D eigenvalue weighted by Crippen LogP contribution is -2.30. The molecule has 0 aliphatic heterocycles. The fraction of sp³-hybridized carbons (Fsp3) is 0.667. The first-order valence-corrected chi connectivity index (χ1v) is 8.43. The van der Waals surface area contributed by atoms with Crippen LogP contribution < -0.4 is 0 Å². The van der Waals surface area contributed by atoms with Crippen molar-refractivity contribution in [2.75, 3.05) is 42.3 Å². The van der Waals surface area contributed by atoms with Crippen LogP contribution >= 0.6 is 15.4 Å². The molecule has 0 rings (SSSR count). The van der Waals surface area contributed by atoms with Crippen molar-refractivity contribution in [3.63, 3.8) is 0 Å². The van der Waals surface area contributed by atoms with Crippen LogP contribution in [-0.2, 0) is 0 Å². The van der Waals surface area contributed by atoms with Gasteiger partial charge in [-0.1, -0.05) is 14.3 Å². The second kappa shape index (κ2) is 6.64. The van der Waals surface area contributed by atoms with Gasteiger partial charge in [-0.05, 0) is 46.8 Å². The van der Waals surface area contributed by atoms with Gasteiger partial charge < -0.3 is 0 Å². The second-order valence-electron chi connectivity index (χ2n) is 4.13. The largest absolute Gasteiger partial charge is 0.493 e. The zero-order valence-corrected chi connectivity index (χ0v) is 13.9. The van der Waals surface area contributed by atoms with Crippen LogP contribution in [0.25, 0.3) is 0 Å². The number of nitrogens with zero attached hydrogens (tertiary/aromatic N) is 7. The van der Waals surface area contributed by atoms with Crippen molar-refractivity contribution in [2.45, 2.75) is 0 Å². The van der Waals surface area contributed by atoms with E-state index in [2.05, 4.69) is 48.5 Å². The van der Waals surface area contributed by atoms with Crippen molar-refractivity contribution in [3.8, 4) is 0 Å². The first-order valence-electron chi connectivity index (χ1n) is 5.23. The zero-order valence-electron chi connectivity index (χ0n) is 12.1. The second-order valence-corrected chi connectivity index (χ2v) is 10.2. The summed E-state index contributed by atoms with van der Waals surface area (Å²) in [6.45, 7) is 10.6. The van der Waals surface area contributed by atoms with E-state index in [1.54, 1.807) is 0 Å². The van der Waals surface area contributed by atoms with Crippen LogP contribution in [0.2, 0.25) is 0 Å². The summed E-state index contributed by atoms with van der Waals surface area (Å²) in [6.07, 6.45) is 0. The van der Waals surface area contributed by atoms with Crippen molar-refractivity contribution in [1.29, 1.82) is 0 Å². The highest BCUT2D eigenvalue weighted by molar-refractivity contribution is 7.77. The molecule has 0 radical (unpaired) electrons. The van der Waals surface area contributed by atoms with Crippen LogP contribution in [0.4, 0.5) is 0 Å². The summed E-state index contributed by atoms with van der Waals surface area (Å²) in [5.74, 6) is 0. The molecule has 0 heterocycles. The van der Waals surface area contributed by atoms with Gasteiger partial charge in [-0.25, -0.2) is 14.0 Å². The van der Waals surface area contributed by atoms with Gasteiger partial charge in [0, 0.05) is 20.2 Å². The molecule has 0 aromatic rings. The van der Waals surface area contributed by atoms with Crippen molar-refractivity contribution in [2.24, 2.45) is 18.8 Å². The molecule has 18 heavy (non-hydrogen) atoms. The number of rotatable bonds is 7. The molecule has 0 bridgehead atoms. The van der Waals surface area contributed by atoms with Gasteiger partial charge in [0.15, 0.2) is 0 Å². The number of hydrogen-bond acceptors (Lipinski definition) is 4. The summed E-state index contributed by atoms with van der Waals surface area (Å²) in [6, 6.07) is 0. The Bertz CT molecular complexity index is 325. The minimum Gasteiger partial charge on any atom is -0.249 e. The van der Waals surface area contributed by atoms with Crippen LogP contribution in [0.5, 0.6) is 0 Å². The number of hydrogen-bond donors (Lipinski definition) is 0. The molecule has 0 aliphatic carbocycles. The van der Waals surface area contributed by atoms with Gasteiger partial charge >= 0.3 is 7.87 Å². The third-order valence-corrected chi connectivity index (χ3v) is 8.70. The third-order valence-electron chi connectivity index (χ3n) is 2.42. The molecule has 0 aromatic heterocycles. The van der Waals surface area contributed by atoms with Gasteiger partial charge in [-0.3, -0.25) is 0 Å². The molecule has 0 N–H and O–H groups in total. The van der Waals surface area contributed by atoms with Crippen LogP contribution in [0.3, 0.4) is 0 Å². The Kier molecular flexibility index (Phi) is 6.47. The van der Waals surface area contributed by atoms with E-state index in [1.807, 2.05) is 42.3 Å². The molecule has 0 saturated carbocycles. The average Bonchev–Trinajstić information content (AvgIpc) is 2.30. The monoisotopic (exact) mass is 292 g/mol. The van der Waals surface area contributed by atoms with Gasteiger partial charge in [0.2, 0.25) is 7.51 Å². The minimum absolute atomic E-state index is 1.97. The molecule has 0 fully saturated rings. The van der Waals surface area contributed by atoms with Crippen molar-refractivity contribution in [3.05, 3.63) is 0 Å². The molecular formula is C9H24N7P2+. The molecule has 0 spiro atoms. The Balaban J connectivity index is 6.24. The van der Waals surface area contributed by atoms with Gasteiger partial charge in [0.25, 0.3) is 0 Å². The van der Waals surface area contributed by atoms with E-state index in [0.717, 1.165) is 0 Å². The highest BCUT2D eigenvalue weighted by Gasteiger charge is 2.44. The maximum Gasteiger partial charge on any atom is 0.493 e. The van der Waals surface area contributed by atoms with E-state index in [4.69, 9.17) is 4.52 Å².